The summed E-state index contributed by atoms with van der Waals surface area (Å²) in [6, 6.07) is 5.46. The summed E-state index contributed by atoms with van der Waals surface area (Å²) in [6.07, 6.45) is 3.01. The summed E-state index contributed by atoms with van der Waals surface area (Å²) >= 11 is 0. The topological polar surface area (TPSA) is 65.0 Å². The number of carbonyl (C=O) groups is 1. The molecule has 0 saturated heterocycles. The van der Waals surface area contributed by atoms with Gasteiger partial charge in [0.25, 0.3) is 0 Å². The molecule has 2 unspecified atom stereocenters. The van der Waals surface area contributed by atoms with Gasteiger partial charge in [-0.1, -0.05) is 0 Å². The van der Waals surface area contributed by atoms with Gasteiger partial charge in [-0.25, -0.2) is 0 Å². The van der Waals surface area contributed by atoms with Crippen LogP contribution in [0.5, 0.6) is 17.2 Å². The molecule has 2 atom stereocenters. The molecule has 19 heavy (non-hydrogen) atoms. The quantitative estimate of drug-likeness (QED) is 0.904. The Bertz CT molecular complexity index is 485. The van der Waals surface area contributed by atoms with Crippen LogP contribution in [-0.4, -0.2) is 24.0 Å². The Hall–Kier alpha value is -1.91. The number of carboxylic acid groups (broad SMARTS) is 1. The summed E-state index contributed by atoms with van der Waals surface area (Å²) in [5.41, 5.74) is 0. The number of hydrogen-bond donors (Lipinski definition) is 1. The average Bonchev–Trinajstić information content (AvgIpc) is 2.98. The molecule has 1 fully saturated rings. The number of rotatable bonds is 4. The highest BCUT2D eigenvalue weighted by molar-refractivity contribution is 5.67. The van der Waals surface area contributed by atoms with E-state index in [2.05, 4.69) is 0 Å². The van der Waals surface area contributed by atoms with E-state index in [1.807, 2.05) is 12.1 Å². The monoisotopic (exact) mass is 264 g/mol. The summed E-state index contributed by atoms with van der Waals surface area (Å²) in [6.45, 7) is 0.240. The van der Waals surface area contributed by atoms with E-state index in [-0.39, 0.29) is 25.2 Å². The Balaban J connectivity index is 1.68. The predicted octanol–water partition coefficient (Wildman–Crippen LogP) is 2.44. The first-order valence-electron chi connectivity index (χ1n) is 6.50. The van der Waals surface area contributed by atoms with Crippen molar-refractivity contribution in [1.82, 2.24) is 0 Å². The minimum absolute atomic E-state index is 0.0172. The van der Waals surface area contributed by atoms with Gasteiger partial charge in [-0.05, 0) is 31.4 Å². The molecule has 0 amide bonds. The van der Waals surface area contributed by atoms with Crippen LogP contribution in [-0.2, 0) is 4.79 Å². The molecule has 1 aromatic carbocycles. The van der Waals surface area contributed by atoms with E-state index in [0.717, 1.165) is 25.0 Å². The van der Waals surface area contributed by atoms with Crippen LogP contribution in [0.15, 0.2) is 18.2 Å². The van der Waals surface area contributed by atoms with Crippen molar-refractivity contribution < 1.29 is 24.1 Å². The van der Waals surface area contributed by atoms with Gasteiger partial charge in [-0.2, -0.15) is 0 Å². The summed E-state index contributed by atoms with van der Waals surface area (Å²) in [4.78, 5) is 10.8. The fourth-order valence-corrected chi connectivity index (χ4v) is 2.74. The zero-order chi connectivity index (χ0) is 13.2. The van der Waals surface area contributed by atoms with Crippen molar-refractivity contribution in [3.05, 3.63) is 18.2 Å². The number of carboxylic acids is 1. The maximum absolute atomic E-state index is 10.8. The predicted molar refractivity (Wildman–Crippen MR) is 66.6 cm³/mol. The Labute approximate surface area is 111 Å². The number of benzene rings is 1. The summed E-state index contributed by atoms with van der Waals surface area (Å²) in [5, 5.41) is 8.89. The SMILES string of the molecule is O=C(O)CC1CCCC1Oc1ccc2c(c1)OCO2. The fourth-order valence-electron chi connectivity index (χ4n) is 2.74. The van der Waals surface area contributed by atoms with Crippen molar-refractivity contribution in [2.24, 2.45) is 5.92 Å². The van der Waals surface area contributed by atoms with E-state index < -0.39 is 5.97 Å². The lowest BCUT2D eigenvalue weighted by Crippen LogP contribution is -2.23. The molecule has 1 aromatic rings. The van der Waals surface area contributed by atoms with Gasteiger partial charge < -0.3 is 19.3 Å². The molecule has 1 N–H and O–H groups in total. The number of hydrogen-bond acceptors (Lipinski definition) is 4. The van der Waals surface area contributed by atoms with E-state index in [1.54, 1.807) is 6.07 Å². The molecule has 0 bridgehead atoms. The molecule has 0 spiro atoms. The molecule has 2 aliphatic rings. The first-order chi connectivity index (χ1) is 9.22. The van der Waals surface area contributed by atoms with Crippen LogP contribution in [0.2, 0.25) is 0 Å². The molecule has 0 aromatic heterocycles. The van der Waals surface area contributed by atoms with Crippen LogP contribution >= 0.6 is 0 Å². The maximum Gasteiger partial charge on any atom is 0.303 e. The molecule has 0 radical (unpaired) electrons. The van der Waals surface area contributed by atoms with Crippen LogP contribution in [0.4, 0.5) is 0 Å². The van der Waals surface area contributed by atoms with E-state index in [1.165, 1.54) is 0 Å². The fraction of sp³-hybridized carbons (Fsp3) is 0.500. The zero-order valence-corrected chi connectivity index (χ0v) is 10.5. The lowest BCUT2D eigenvalue weighted by Gasteiger charge is -2.20. The van der Waals surface area contributed by atoms with Gasteiger partial charge in [0.2, 0.25) is 6.79 Å². The molecular weight excluding hydrogens is 248 g/mol. The lowest BCUT2D eigenvalue weighted by molar-refractivity contribution is -0.138. The van der Waals surface area contributed by atoms with Crippen molar-refractivity contribution in [3.63, 3.8) is 0 Å². The first kappa shape index (κ1) is 12.1. The Morgan fingerprint density at radius 3 is 3.00 bits per heavy atom. The lowest BCUT2D eigenvalue weighted by atomic mass is 10.0. The standard InChI is InChI=1S/C14H16O5/c15-14(16)6-9-2-1-3-11(9)19-10-4-5-12-13(7-10)18-8-17-12/h4-5,7,9,11H,1-3,6,8H2,(H,15,16). The highest BCUT2D eigenvalue weighted by atomic mass is 16.7. The summed E-state index contributed by atoms with van der Waals surface area (Å²) < 4.78 is 16.5. The van der Waals surface area contributed by atoms with E-state index >= 15 is 0 Å². The van der Waals surface area contributed by atoms with Gasteiger partial charge in [-0.15, -0.1) is 0 Å². The molecule has 102 valence electrons. The maximum atomic E-state index is 10.8. The largest absolute Gasteiger partial charge is 0.490 e. The second-order valence-electron chi connectivity index (χ2n) is 4.96. The van der Waals surface area contributed by atoms with Gasteiger partial charge >= 0.3 is 5.97 Å². The van der Waals surface area contributed by atoms with Crippen LogP contribution in [0.1, 0.15) is 25.7 Å². The van der Waals surface area contributed by atoms with Crippen LogP contribution in [0.3, 0.4) is 0 Å². The third-order valence-electron chi connectivity index (χ3n) is 3.66. The van der Waals surface area contributed by atoms with Gasteiger partial charge in [0.15, 0.2) is 11.5 Å². The minimum atomic E-state index is -0.758. The molecular formula is C14H16O5. The minimum Gasteiger partial charge on any atom is -0.490 e. The third-order valence-corrected chi connectivity index (χ3v) is 3.66. The van der Waals surface area contributed by atoms with E-state index in [4.69, 9.17) is 19.3 Å². The molecule has 1 saturated carbocycles. The second kappa shape index (κ2) is 4.99. The second-order valence-corrected chi connectivity index (χ2v) is 4.96. The molecule has 3 rings (SSSR count). The zero-order valence-electron chi connectivity index (χ0n) is 10.5. The van der Waals surface area contributed by atoms with E-state index in [0.29, 0.717) is 11.5 Å². The summed E-state index contributed by atoms with van der Waals surface area (Å²) in [5.74, 6) is 1.46. The van der Waals surface area contributed by atoms with Gasteiger partial charge in [-0.3, -0.25) is 4.79 Å². The van der Waals surface area contributed by atoms with Gasteiger partial charge in [0.05, 0.1) is 6.42 Å². The Kier molecular flexibility index (Phi) is 3.19. The summed E-state index contributed by atoms with van der Waals surface area (Å²) in [7, 11) is 0. The Morgan fingerprint density at radius 1 is 1.32 bits per heavy atom. The molecule has 1 aliphatic carbocycles. The van der Waals surface area contributed by atoms with Gasteiger partial charge in [0.1, 0.15) is 11.9 Å². The van der Waals surface area contributed by atoms with Gasteiger partial charge in [0, 0.05) is 12.0 Å². The van der Waals surface area contributed by atoms with E-state index in [9.17, 15) is 4.79 Å². The normalized spacial score (nSPS) is 24.4. The molecule has 5 heteroatoms. The Morgan fingerprint density at radius 2 is 2.16 bits per heavy atom. The highest BCUT2D eigenvalue weighted by Crippen LogP contribution is 2.37. The smallest absolute Gasteiger partial charge is 0.303 e. The van der Waals surface area contributed by atoms with Crippen molar-refractivity contribution in [2.75, 3.05) is 6.79 Å². The molecule has 1 aliphatic heterocycles. The van der Waals surface area contributed by atoms with Crippen molar-refractivity contribution >= 4 is 5.97 Å². The van der Waals surface area contributed by atoms with Crippen molar-refractivity contribution in [2.45, 2.75) is 31.8 Å². The number of ether oxygens (including phenoxy) is 3. The van der Waals surface area contributed by atoms with Crippen LogP contribution in [0, 0.1) is 5.92 Å². The molecule has 5 nitrogen and oxygen atoms in total. The third kappa shape index (κ3) is 2.59. The average molecular weight is 264 g/mol. The molecule has 1 heterocycles. The van der Waals surface area contributed by atoms with Crippen molar-refractivity contribution in [3.8, 4) is 17.2 Å². The first-order valence-corrected chi connectivity index (χ1v) is 6.50. The van der Waals surface area contributed by atoms with Crippen molar-refractivity contribution in [1.29, 1.82) is 0 Å². The number of aliphatic carboxylic acids is 1. The van der Waals surface area contributed by atoms with Crippen LogP contribution in [0.25, 0.3) is 0 Å². The van der Waals surface area contributed by atoms with Crippen LogP contribution < -0.4 is 14.2 Å². The highest BCUT2D eigenvalue weighted by Gasteiger charge is 2.31. The number of fused-ring (bicyclic) bond motifs is 1.